The molecule has 12 heavy (non-hydrogen) atoms. The first kappa shape index (κ1) is 9.59. The van der Waals surface area contributed by atoms with Crippen LogP contribution >= 0.6 is 15.9 Å². The first-order valence-electron chi connectivity index (χ1n) is 4.20. The Labute approximate surface area is 82.5 Å². The second kappa shape index (κ2) is 4.51. The van der Waals surface area contributed by atoms with E-state index in [1.807, 2.05) is 6.07 Å². The van der Waals surface area contributed by atoms with Crippen molar-refractivity contribution in [1.82, 2.24) is 0 Å². The summed E-state index contributed by atoms with van der Waals surface area (Å²) in [5.74, 6) is 0. The molecule has 0 fully saturated rings. The van der Waals surface area contributed by atoms with Crippen LogP contribution in [-0.2, 0) is 0 Å². The van der Waals surface area contributed by atoms with Gasteiger partial charge in [-0.25, -0.2) is 0 Å². The second-order valence-electron chi connectivity index (χ2n) is 2.57. The molecule has 0 atom stereocenters. The lowest BCUT2D eigenvalue weighted by atomic mass is 10.3. The lowest BCUT2D eigenvalue weighted by Gasteiger charge is -2.20. The highest BCUT2D eigenvalue weighted by molar-refractivity contribution is 9.10. The van der Waals surface area contributed by atoms with E-state index < -0.39 is 0 Å². The molecule has 0 N–H and O–H groups in total. The molecular weight excluding hydrogens is 214 g/mol. The van der Waals surface area contributed by atoms with Crippen molar-refractivity contribution < 1.29 is 0 Å². The van der Waals surface area contributed by atoms with Crippen LogP contribution in [0.4, 0.5) is 5.69 Å². The molecule has 0 saturated heterocycles. The Morgan fingerprint density at radius 1 is 1.42 bits per heavy atom. The maximum absolute atomic E-state index is 3.41. The summed E-state index contributed by atoms with van der Waals surface area (Å²) < 4.78 is 1.02. The maximum Gasteiger partial charge on any atom is 0.0377 e. The minimum absolute atomic E-state index is 1.02. The number of hydrogen-bond acceptors (Lipinski definition) is 1. The molecule has 1 nitrogen and oxygen atoms in total. The number of benzene rings is 1. The zero-order valence-electron chi connectivity index (χ0n) is 7.47. The predicted molar refractivity (Wildman–Crippen MR) is 56.5 cm³/mol. The van der Waals surface area contributed by atoms with Crippen molar-refractivity contribution in [2.75, 3.05) is 18.0 Å². The van der Waals surface area contributed by atoms with Gasteiger partial charge in [0.25, 0.3) is 0 Å². The average Bonchev–Trinajstić information content (AvgIpc) is 2.07. The first-order chi connectivity index (χ1) is 5.77. The summed E-state index contributed by atoms with van der Waals surface area (Å²) in [6.07, 6.45) is 0. The molecule has 1 aromatic rings. The lowest BCUT2D eigenvalue weighted by Crippen LogP contribution is -2.21. The van der Waals surface area contributed by atoms with Crippen molar-refractivity contribution in [3.63, 3.8) is 0 Å². The van der Waals surface area contributed by atoms with Crippen molar-refractivity contribution in [1.29, 1.82) is 0 Å². The SMILES string of the molecule is CCN(CC)c1cc[c]c(Br)c1. The molecule has 1 rings (SSSR count). The second-order valence-corrected chi connectivity index (χ2v) is 3.42. The van der Waals surface area contributed by atoms with Crippen LogP contribution in [0.15, 0.2) is 22.7 Å². The molecule has 0 amide bonds. The summed E-state index contributed by atoms with van der Waals surface area (Å²) in [6, 6.07) is 9.18. The van der Waals surface area contributed by atoms with Crippen molar-refractivity contribution >= 4 is 21.6 Å². The van der Waals surface area contributed by atoms with Crippen LogP contribution in [-0.4, -0.2) is 13.1 Å². The van der Waals surface area contributed by atoms with E-state index in [-0.39, 0.29) is 0 Å². The molecule has 2 heteroatoms. The third-order valence-corrected chi connectivity index (χ3v) is 2.34. The van der Waals surface area contributed by atoms with Gasteiger partial charge in [0.15, 0.2) is 0 Å². The van der Waals surface area contributed by atoms with E-state index in [2.05, 4.69) is 52.9 Å². The Kier molecular flexibility index (Phi) is 3.60. The minimum Gasteiger partial charge on any atom is -0.372 e. The fourth-order valence-corrected chi connectivity index (χ4v) is 1.58. The molecule has 0 aliphatic carbocycles. The summed E-state index contributed by atoms with van der Waals surface area (Å²) in [5.41, 5.74) is 1.26. The van der Waals surface area contributed by atoms with Gasteiger partial charge in [-0.2, -0.15) is 0 Å². The van der Waals surface area contributed by atoms with Crippen LogP contribution in [0.2, 0.25) is 0 Å². The highest BCUT2D eigenvalue weighted by Gasteiger charge is 2.00. The van der Waals surface area contributed by atoms with Crippen LogP contribution < -0.4 is 4.90 Å². The van der Waals surface area contributed by atoms with Crippen LogP contribution in [0, 0.1) is 6.07 Å². The smallest absolute Gasteiger partial charge is 0.0377 e. The molecule has 65 valence electrons. The maximum atomic E-state index is 3.41. The first-order valence-corrected chi connectivity index (χ1v) is 4.99. The van der Waals surface area contributed by atoms with Gasteiger partial charge in [0.1, 0.15) is 0 Å². The highest BCUT2D eigenvalue weighted by Crippen LogP contribution is 2.18. The van der Waals surface area contributed by atoms with Crippen LogP contribution in [0.25, 0.3) is 0 Å². The largest absolute Gasteiger partial charge is 0.372 e. The third-order valence-electron chi connectivity index (χ3n) is 1.88. The Morgan fingerprint density at radius 2 is 2.08 bits per heavy atom. The van der Waals surface area contributed by atoms with Crippen molar-refractivity contribution in [3.05, 3.63) is 28.7 Å². The van der Waals surface area contributed by atoms with Gasteiger partial charge in [-0.05, 0) is 32.0 Å². The predicted octanol–water partition coefficient (Wildman–Crippen LogP) is 3.10. The number of hydrogen-bond donors (Lipinski definition) is 0. The number of rotatable bonds is 3. The van der Waals surface area contributed by atoms with Crippen LogP contribution in [0.5, 0.6) is 0 Å². The van der Waals surface area contributed by atoms with E-state index in [4.69, 9.17) is 0 Å². The normalized spacial score (nSPS) is 9.92. The molecule has 0 bridgehead atoms. The van der Waals surface area contributed by atoms with Crippen molar-refractivity contribution in [2.45, 2.75) is 13.8 Å². The fourth-order valence-electron chi connectivity index (χ4n) is 1.21. The standard InChI is InChI=1S/C10H13BrN/c1-3-12(4-2)10-7-5-6-9(11)8-10/h5,7-8H,3-4H2,1-2H3. The molecule has 0 unspecified atom stereocenters. The molecule has 1 aromatic carbocycles. The van der Waals surface area contributed by atoms with E-state index in [1.165, 1.54) is 5.69 Å². The topological polar surface area (TPSA) is 3.24 Å². The lowest BCUT2D eigenvalue weighted by molar-refractivity contribution is 0.866. The molecule has 0 aliphatic rings. The molecule has 0 heterocycles. The van der Waals surface area contributed by atoms with Crippen molar-refractivity contribution in [2.24, 2.45) is 0 Å². The van der Waals surface area contributed by atoms with Crippen LogP contribution in [0.1, 0.15) is 13.8 Å². The third kappa shape index (κ3) is 2.24. The Bertz CT molecular complexity index is 243. The molecular formula is C10H13BrN. The van der Waals surface area contributed by atoms with E-state index in [9.17, 15) is 0 Å². The monoisotopic (exact) mass is 226 g/mol. The Morgan fingerprint density at radius 3 is 2.58 bits per heavy atom. The Hall–Kier alpha value is -0.500. The molecule has 0 spiro atoms. The van der Waals surface area contributed by atoms with Gasteiger partial charge in [0.05, 0.1) is 0 Å². The summed E-state index contributed by atoms with van der Waals surface area (Å²) in [6.45, 7) is 6.42. The quantitative estimate of drug-likeness (QED) is 0.766. The van der Waals surface area contributed by atoms with Gasteiger partial charge in [0.2, 0.25) is 0 Å². The number of anilines is 1. The highest BCUT2D eigenvalue weighted by atomic mass is 79.9. The summed E-state index contributed by atoms with van der Waals surface area (Å²) in [5, 5.41) is 0. The zero-order chi connectivity index (χ0) is 8.97. The van der Waals surface area contributed by atoms with Gasteiger partial charge in [-0.1, -0.05) is 22.0 Å². The summed E-state index contributed by atoms with van der Waals surface area (Å²) >= 11 is 3.41. The average molecular weight is 227 g/mol. The van der Waals surface area contributed by atoms with E-state index in [0.29, 0.717) is 0 Å². The van der Waals surface area contributed by atoms with Gasteiger partial charge >= 0.3 is 0 Å². The fraction of sp³-hybridized carbons (Fsp3) is 0.400. The van der Waals surface area contributed by atoms with Gasteiger partial charge in [-0.15, -0.1) is 0 Å². The summed E-state index contributed by atoms with van der Waals surface area (Å²) in [7, 11) is 0. The molecule has 1 radical (unpaired) electrons. The van der Waals surface area contributed by atoms with Gasteiger partial charge in [-0.3, -0.25) is 0 Å². The van der Waals surface area contributed by atoms with E-state index in [1.54, 1.807) is 0 Å². The minimum atomic E-state index is 1.02. The molecule has 0 aromatic heterocycles. The van der Waals surface area contributed by atoms with Gasteiger partial charge < -0.3 is 4.90 Å². The molecule has 0 saturated carbocycles. The van der Waals surface area contributed by atoms with Crippen LogP contribution in [0.3, 0.4) is 0 Å². The number of halogens is 1. The van der Waals surface area contributed by atoms with E-state index >= 15 is 0 Å². The summed E-state index contributed by atoms with van der Waals surface area (Å²) in [4.78, 5) is 2.30. The molecule has 0 aliphatic heterocycles. The van der Waals surface area contributed by atoms with Crippen molar-refractivity contribution in [3.8, 4) is 0 Å². The number of nitrogens with zero attached hydrogens (tertiary/aromatic N) is 1. The zero-order valence-corrected chi connectivity index (χ0v) is 9.06. The Balaban J connectivity index is 2.85. The van der Waals surface area contributed by atoms with Gasteiger partial charge in [0, 0.05) is 23.2 Å². The van der Waals surface area contributed by atoms with E-state index in [0.717, 1.165) is 17.6 Å².